The molecule has 0 aliphatic heterocycles. The summed E-state index contributed by atoms with van der Waals surface area (Å²) in [4.78, 5) is 33.0. The topological polar surface area (TPSA) is 78.9 Å². The van der Waals surface area contributed by atoms with Crippen LogP contribution in [0.1, 0.15) is 33.6 Å². The van der Waals surface area contributed by atoms with Crippen molar-refractivity contribution in [2.24, 2.45) is 0 Å². The van der Waals surface area contributed by atoms with Crippen LogP contribution in [0.25, 0.3) is 0 Å². The molecule has 7 heteroatoms. The van der Waals surface area contributed by atoms with Crippen molar-refractivity contribution < 1.29 is 27.7 Å². The van der Waals surface area contributed by atoms with Crippen molar-refractivity contribution in [3.05, 3.63) is 0 Å². The van der Waals surface area contributed by atoms with Gasteiger partial charge in [0.25, 0.3) is 17.9 Å². The Morgan fingerprint density at radius 3 is 1.38 bits per heavy atom. The van der Waals surface area contributed by atoms with Crippen molar-refractivity contribution in [1.82, 2.24) is 0 Å². The van der Waals surface area contributed by atoms with Crippen molar-refractivity contribution in [2.75, 3.05) is 0 Å². The fourth-order valence-corrected chi connectivity index (χ4v) is 4.05. The van der Waals surface area contributed by atoms with Crippen molar-refractivity contribution >= 4 is 26.7 Å². The number of carbonyl (C=O) groups excluding carboxylic acids is 3. The zero-order chi connectivity index (χ0) is 12.3. The van der Waals surface area contributed by atoms with Gasteiger partial charge in [0, 0.05) is 20.8 Å². The van der Waals surface area contributed by atoms with Gasteiger partial charge in [-0.1, -0.05) is 0 Å². The lowest BCUT2D eigenvalue weighted by atomic mass is 10.8. The smallest absolute Gasteiger partial charge is 0.455 e. The Hall–Kier alpha value is -1.37. The van der Waals surface area contributed by atoms with Gasteiger partial charge in [0.2, 0.25) is 0 Å². The van der Waals surface area contributed by atoms with E-state index in [-0.39, 0.29) is 5.54 Å². The summed E-state index contributed by atoms with van der Waals surface area (Å²) < 4.78 is 15.0. The van der Waals surface area contributed by atoms with E-state index >= 15 is 0 Å². The Kier molecular flexibility index (Phi) is 3.69. The standard InChI is InChI=1S/C9H14O6Si/c1-6(10)13-16(9-4-5-9,14-7(2)11)15-8(3)12/h9H,4-5H2,1-3H3. The molecule has 0 unspecified atom stereocenters. The highest BCUT2D eigenvalue weighted by atomic mass is 28.4. The molecule has 0 N–H and O–H groups in total. The number of carbonyl (C=O) groups is 3. The number of rotatable bonds is 4. The van der Waals surface area contributed by atoms with E-state index in [0.29, 0.717) is 0 Å². The van der Waals surface area contributed by atoms with Gasteiger partial charge in [-0.05, 0) is 12.8 Å². The summed E-state index contributed by atoms with van der Waals surface area (Å²) in [6, 6.07) is 0. The number of hydrogen-bond acceptors (Lipinski definition) is 6. The summed E-state index contributed by atoms with van der Waals surface area (Å²) in [5.41, 5.74) is -0.135. The Morgan fingerprint density at radius 2 is 1.19 bits per heavy atom. The summed E-state index contributed by atoms with van der Waals surface area (Å²) in [5, 5.41) is 0. The molecule has 0 atom stereocenters. The molecule has 1 aliphatic rings. The molecule has 0 aromatic rings. The van der Waals surface area contributed by atoms with Crippen LogP contribution in [0.4, 0.5) is 0 Å². The molecule has 0 heterocycles. The van der Waals surface area contributed by atoms with Crippen molar-refractivity contribution in [3.8, 4) is 0 Å². The van der Waals surface area contributed by atoms with Crippen LogP contribution in [0.5, 0.6) is 0 Å². The molecule has 0 saturated heterocycles. The van der Waals surface area contributed by atoms with Crippen molar-refractivity contribution in [2.45, 2.75) is 39.2 Å². The highest BCUT2D eigenvalue weighted by Gasteiger charge is 2.64. The average Bonchev–Trinajstić information content (AvgIpc) is 2.79. The second kappa shape index (κ2) is 4.65. The summed E-state index contributed by atoms with van der Waals surface area (Å²) >= 11 is 0. The largest absolute Gasteiger partial charge is 0.708 e. The fourth-order valence-electron chi connectivity index (χ4n) is 1.35. The third kappa shape index (κ3) is 3.33. The second-order valence-electron chi connectivity index (χ2n) is 3.66. The Balaban J connectivity index is 2.88. The van der Waals surface area contributed by atoms with Gasteiger partial charge in [-0.3, -0.25) is 14.4 Å². The maximum absolute atomic E-state index is 11.0. The molecule has 0 spiro atoms. The van der Waals surface area contributed by atoms with Crippen LogP contribution in [-0.2, 0) is 27.7 Å². The molecule has 1 saturated carbocycles. The van der Waals surface area contributed by atoms with E-state index in [2.05, 4.69) is 0 Å². The first kappa shape index (κ1) is 12.7. The lowest BCUT2D eigenvalue weighted by Crippen LogP contribution is -2.50. The average molecular weight is 246 g/mol. The lowest BCUT2D eigenvalue weighted by molar-refractivity contribution is -0.147. The quantitative estimate of drug-likeness (QED) is 0.682. The fraction of sp³-hybridized carbons (Fsp3) is 0.667. The predicted molar refractivity (Wildman–Crippen MR) is 54.0 cm³/mol. The van der Waals surface area contributed by atoms with Gasteiger partial charge in [-0.2, -0.15) is 0 Å². The molecule has 1 rings (SSSR count). The number of hydrogen-bond donors (Lipinski definition) is 0. The molecular formula is C9H14O6Si. The van der Waals surface area contributed by atoms with Gasteiger partial charge in [0.15, 0.2) is 0 Å². The molecule has 16 heavy (non-hydrogen) atoms. The Bertz CT molecular complexity index is 281. The highest BCUT2D eigenvalue weighted by Crippen LogP contribution is 2.46. The third-order valence-electron chi connectivity index (χ3n) is 1.94. The van der Waals surface area contributed by atoms with E-state index in [4.69, 9.17) is 13.3 Å². The Morgan fingerprint density at radius 1 is 0.875 bits per heavy atom. The van der Waals surface area contributed by atoms with Gasteiger partial charge < -0.3 is 13.3 Å². The molecule has 0 amide bonds. The zero-order valence-electron chi connectivity index (χ0n) is 9.44. The van der Waals surface area contributed by atoms with Gasteiger partial charge in [-0.25, -0.2) is 0 Å². The maximum Gasteiger partial charge on any atom is 0.708 e. The van der Waals surface area contributed by atoms with Crippen LogP contribution < -0.4 is 0 Å². The summed E-state index contributed by atoms with van der Waals surface area (Å²) in [6.45, 7) is 3.57. The van der Waals surface area contributed by atoms with E-state index in [1.807, 2.05) is 0 Å². The van der Waals surface area contributed by atoms with Gasteiger partial charge in [0.1, 0.15) is 0 Å². The molecule has 1 aliphatic carbocycles. The minimum atomic E-state index is -3.50. The molecule has 0 bridgehead atoms. The van der Waals surface area contributed by atoms with E-state index < -0.39 is 26.7 Å². The van der Waals surface area contributed by atoms with Crippen LogP contribution >= 0.6 is 0 Å². The van der Waals surface area contributed by atoms with Crippen LogP contribution in [0, 0.1) is 0 Å². The highest BCUT2D eigenvalue weighted by molar-refractivity contribution is 6.67. The molecule has 6 nitrogen and oxygen atoms in total. The minimum Gasteiger partial charge on any atom is -0.455 e. The van der Waals surface area contributed by atoms with Crippen LogP contribution in [0.3, 0.4) is 0 Å². The van der Waals surface area contributed by atoms with E-state index in [0.717, 1.165) is 12.8 Å². The maximum atomic E-state index is 11.0. The van der Waals surface area contributed by atoms with Gasteiger partial charge in [-0.15, -0.1) is 0 Å². The van der Waals surface area contributed by atoms with Gasteiger partial charge >= 0.3 is 8.80 Å². The lowest BCUT2D eigenvalue weighted by Gasteiger charge is -2.25. The second-order valence-corrected chi connectivity index (χ2v) is 6.29. The molecule has 0 radical (unpaired) electrons. The molecule has 1 fully saturated rings. The van der Waals surface area contributed by atoms with Crippen LogP contribution in [0.15, 0.2) is 0 Å². The van der Waals surface area contributed by atoms with E-state index in [1.165, 1.54) is 20.8 Å². The van der Waals surface area contributed by atoms with E-state index in [9.17, 15) is 14.4 Å². The summed E-state index contributed by atoms with van der Waals surface area (Å²) in [5.74, 6) is -1.83. The predicted octanol–water partition coefficient (Wildman–Crippen LogP) is 0.779. The van der Waals surface area contributed by atoms with Crippen molar-refractivity contribution in [3.63, 3.8) is 0 Å². The molecular weight excluding hydrogens is 232 g/mol. The minimum absolute atomic E-state index is 0.135. The first-order chi connectivity index (χ1) is 7.35. The molecule has 0 aromatic carbocycles. The third-order valence-corrected chi connectivity index (χ3v) is 5.23. The van der Waals surface area contributed by atoms with Gasteiger partial charge in [0.05, 0.1) is 5.54 Å². The van der Waals surface area contributed by atoms with Crippen LogP contribution in [0.2, 0.25) is 5.54 Å². The first-order valence-electron chi connectivity index (χ1n) is 4.94. The SMILES string of the molecule is CC(=O)O[Si](OC(C)=O)(OC(C)=O)C1CC1. The molecule has 0 aromatic heterocycles. The summed E-state index contributed by atoms with van der Waals surface area (Å²) in [7, 11) is -3.50. The summed E-state index contributed by atoms with van der Waals surface area (Å²) in [6.07, 6.45) is 1.47. The first-order valence-corrected chi connectivity index (χ1v) is 6.74. The monoisotopic (exact) mass is 246 g/mol. The zero-order valence-corrected chi connectivity index (χ0v) is 10.4. The van der Waals surface area contributed by atoms with Crippen LogP contribution in [-0.4, -0.2) is 26.7 Å². The normalized spacial score (nSPS) is 15.2. The van der Waals surface area contributed by atoms with E-state index in [1.54, 1.807) is 0 Å². The Labute approximate surface area is 94.2 Å². The van der Waals surface area contributed by atoms with Crippen molar-refractivity contribution in [1.29, 1.82) is 0 Å². The molecule has 90 valence electrons.